The fourth-order valence-electron chi connectivity index (χ4n) is 1.15. The van der Waals surface area contributed by atoms with Gasteiger partial charge in [-0.25, -0.2) is 0 Å². The number of rotatable bonds is 0. The minimum absolute atomic E-state index is 0.0972. The van der Waals surface area contributed by atoms with Crippen LogP contribution in [0.3, 0.4) is 0 Å². The first kappa shape index (κ1) is 6.99. The number of likely N-dealkylation sites (N-methyl/N-ethyl adjacent to an activating group) is 1. The lowest BCUT2D eigenvalue weighted by Crippen LogP contribution is -2.30. The largest absolute Gasteiger partial charge is 0.389 e. The summed E-state index contributed by atoms with van der Waals surface area (Å²) >= 11 is 0. The minimum Gasteiger partial charge on any atom is -0.389 e. The van der Waals surface area contributed by atoms with E-state index in [0.29, 0.717) is 6.54 Å². The summed E-state index contributed by atoms with van der Waals surface area (Å²) in [5.74, 6) is 0. The van der Waals surface area contributed by atoms with E-state index in [9.17, 15) is 0 Å². The zero-order chi connectivity index (χ0) is 7.02. The zero-order valence-electron chi connectivity index (χ0n) is 5.78. The number of hydrogen-bond donors (Lipinski definition) is 2. The normalized spacial score (nSPS) is 46.0. The average molecular weight is 131 g/mol. The van der Waals surface area contributed by atoms with Gasteiger partial charge in [0.05, 0.1) is 12.2 Å². The first-order valence-corrected chi connectivity index (χ1v) is 3.19. The van der Waals surface area contributed by atoms with Crippen molar-refractivity contribution in [1.29, 1.82) is 0 Å². The van der Waals surface area contributed by atoms with Crippen LogP contribution in [-0.4, -0.2) is 47.0 Å². The molecule has 0 aromatic heterocycles. The van der Waals surface area contributed by atoms with Crippen molar-refractivity contribution >= 4 is 0 Å². The molecule has 3 heteroatoms. The predicted octanol–water partition coefficient (Wildman–Crippen LogP) is -0.958. The molecule has 2 N–H and O–H groups in total. The number of likely N-dealkylation sites (tertiary alicyclic amines) is 1. The van der Waals surface area contributed by atoms with E-state index in [2.05, 4.69) is 0 Å². The minimum atomic E-state index is -0.560. The van der Waals surface area contributed by atoms with Crippen molar-refractivity contribution < 1.29 is 10.2 Å². The molecular weight excluding hydrogens is 118 g/mol. The van der Waals surface area contributed by atoms with E-state index in [-0.39, 0.29) is 6.04 Å². The van der Waals surface area contributed by atoms with Crippen LogP contribution in [0.1, 0.15) is 6.92 Å². The molecule has 0 aliphatic carbocycles. The van der Waals surface area contributed by atoms with Crippen molar-refractivity contribution in [2.24, 2.45) is 0 Å². The summed E-state index contributed by atoms with van der Waals surface area (Å²) in [5.41, 5.74) is 0. The molecule has 1 aliphatic rings. The second kappa shape index (κ2) is 2.25. The van der Waals surface area contributed by atoms with Crippen molar-refractivity contribution in [3.05, 3.63) is 0 Å². The Hall–Kier alpha value is -0.120. The van der Waals surface area contributed by atoms with Crippen LogP contribution < -0.4 is 0 Å². The summed E-state index contributed by atoms with van der Waals surface area (Å²) in [6.07, 6.45) is -1.11. The predicted molar refractivity (Wildman–Crippen MR) is 34.1 cm³/mol. The van der Waals surface area contributed by atoms with Crippen molar-refractivity contribution in [2.75, 3.05) is 13.6 Å². The van der Waals surface area contributed by atoms with Crippen molar-refractivity contribution in [3.8, 4) is 0 Å². The maximum Gasteiger partial charge on any atom is 0.0963 e. The van der Waals surface area contributed by atoms with E-state index in [4.69, 9.17) is 10.2 Å². The third-order valence-electron chi connectivity index (χ3n) is 2.06. The lowest BCUT2D eigenvalue weighted by molar-refractivity contribution is 0.0420. The number of nitrogens with zero attached hydrogens (tertiary/aromatic N) is 1. The molecule has 0 spiro atoms. The van der Waals surface area contributed by atoms with E-state index in [1.54, 1.807) is 0 Å². The van der Waals surface area contributed by atoms with Crippen LogP contribution in [-0.2, 0) is 0 Å². The molecule has 1 unspecified atom stereocenters. The number of aliphatic hydroxyl groups excluding tert-OH is 2. The van der Waals surface area contributed by atoms with Crippen molar-refractivity contribution in [2.45, 2.75) is 25.2 Å². The van der Waals surface area contributed by atoms with Crippen LogP contribution in [0.25, 0.3) is 0 Å². The summed E-state index contributed by atoms with van der Waals surface area (Å²) in [6.45, 7) is 2.49. The Morgan fingerprint density at radius 1 is 1.44 bits per heavy atom. The van der Waals surface area contributed by atoms with Gasteiger partial charge in [0.15, 0.2) is 0 Å². The first-order chi connectivity index (χ1) is 4.13. The Bertz CT molecular complexity index is 95.2. The zero-order valence-corrected chi connectivity index (χ0v) is 5.78. The highest BCUT2D eigenvalue weighted by molar-refractivity contribution is 4.88. The third kappa shape index (κ3) is 1.08. The Morgan fingerprint density at radius 2 is 2.00 bits per heavy atom. The smallest absolute Gasteiger partial charge is 0.0963 e. The monoisotopic (exact) mass is 131 g/mol. The average Bonchev–Trinajstić information content (AvgIpc) is 1.98. The second-order valence-corrected chi connectivity index (χ2v) is 2.74. The number of hydrogen-bond acceptors (Lipinski definition) is 3. The van der Waals surface area contributed by atoms with Gasteiger partial charge in [0, 0.05) is 12.6 Å². The van der Waals surface area contributed by atoms with Gasteiger partial charge in [0.25, 0.3) is 0 Å². The molecule has 1 heterocycles. The van der Waals surface area contributed by atoms with E-state index >= 15 is 0 Å². The molecule has 0 amide bonds. The summed E-state index contributed by atoms with van der Waals surface area (Å²) in [7, 11) is 1.89. The molecule has 1 aliphatic heterocycles. The van der Waals surface area contributed by atoms with Crippen LogP contribution in [0.15, 0.2) is 0 Å². The Kier molecular flexibility index (Phi) is 1.75. The summed E-state index contributed by atoms with van der Waals surface area (Å²) < 4.78 is 0. The highest BCUT2D eigenvalue weighted by atomic mass is 16.3. The highest BCUT2D eigenvalue weighted by Crippen LogP contribution is 2.14. The molecule has 9 heavy (non-hydrogen) atoms. The molecule has 1 fully saturated rings. The molecule has 54 valence electrons. The molecule has 0 saturated carbocycles. The summed E-state index contributed by atoms with van der Waals surface area (Å²) in [6, 6.07) is 0.0972. The van der Waals surface area contributed by atoms with Gasteiger partial charge in [-0.3, -0.25) is 4.90 Å². The van der Waals surface area contributed by atoms with Gasteiger partial charge in [0.2, 0.25) is 0 Å². The Balaban J connectivity index is 2.54. The van der Waals surface area contributed by atoms with Crippen LogP contribution in [0.2, 0.25) is 0 Å². The van der Waals surface area contributed by atoms with Gasteiger partial charge in [-0.1, -0.05) is 0 Å². The van der Waals surface area contributed by atoms with Gasteiger partial charge in [-0.2, -0.15) is 0 Å². The fraction of sp³-hybridized carbons (Fsp3) is 1.00. The fourth-order valence-corrected chi connectivity index (χ4v) is 1.15. The molecule has 0 bridgehead atoms. The third-order valence-corrected chi connectivity index (χ3v) is 2.06. The van der Waals surface area contributed by atoms with E-state index in [1.807, 2.05) is 18.9 Å². The lowest BCUT2D eigenvalue weighted by atomic mass is 10.2. The van der Waals surface area contributed by atoms with E-state index in [0.717, 1.165) is 0 Å². The van der Waals surface area contributed by atoms with Crippen LogP contribution >= 0.6 is 0 Å². The molecule has 0 aromatic carbocycles. The van der Waals surface area contributed by atoms with Crippen molar-refractivity contribution in [1.82, 2.24) is 4.90 Å². The molecule has 0 radical (unpaired) electrons. The lowest BCUT2D eigenvalue weighted by Gasteiger charge is -2.15. The molecule has 3 atom stereocenters. The van der Waals surface area contributed by atoms with E-state index in [1.165, 1.54) is 0 Å². The second-order valence-electron chi connectivity index (χ2n) is 2.74. The van der Waals surface area contributed by atoms with Gasteiger partial charge < -0.3 is 10.2 Å². The summed E-state index contributed by atoms with van der Waals surface area (Å²) in [5, 5.41) is 18.2. The molecule has 1 rings (SSSR count). The first-order valence-electron chi connectivity index (χ1n) is 3.19. The standard InChI is InChI=1S/C6H13NO2/c1-4-6(9)5(8)3-7(4)2/h4-6,8-9H,3H2,1-2H3/t4?,5-,6+/m1/s1. The Morgan fingerprint density at radius 3 is 2.11 bits per heavy atom. The van der Waals surface area contributed by atoms with Crippen LogP contribution in [0.4, 0.5) is 0 Å². The SMILES string of the molecule is CC1[C@H](O)[C@H](O)CN1C. The maximum absolute atomic E-state index is 9.14. The van der Waals surface area contributed by atoms with Gasteiger partial charge in [-0.15, -0.1) is 0 Å². The van der Waals surface area contributed by atoms with Crippen LogP contribution in [0.5, 0.6) is 0 Å². The maximum atomic E-state index is 9.14. The molecule has 1 saturated heterocycles. The topological polar surface area (TPSA) is 43.7 Å². The van der Waals surface area contributed by atoms with Crippen LogP contribution in [0, 0.1) is 0 Å². The number of β-amino-alcohol motifs (C(OH)–C–C–N with tert-alkyl or cyclic N) is 1. The number of aliphatic hydroxyl groups is 2. The van der Waals surface area contributed by atoms with E-state index < -0.39 is 12.2 Å². The van der Waals surface area contributed by atoms with Crippen molar-refractivity contribution in [3.63, 3.8) is 0 Å². The summed E-state index contributed by atoms with van der Waals surface area (Å²) in [4.78, 5) is 1.94. The van der Waals surface area contributed by atoms with Gasteiger partial charge >= 0.3 is 0 Å². The molecule has 3 nitrogen and oxygen atoms in total. The highest BCUT2D eigenvalue weighted by Gasteiger charge is 2.33. The molecular formula is C6H13NO2. The molecule has 0 aromatic rings. The quantitative estimate of drug-likeness (QED) is 0.445. The Labute approximate surface area is 54.9 Å². The van der Waals surface area contributed by atoms with Gasteiger partial charge in [0.1, 0.15) is 0 Å². The van der Waals surface area contributed by atoms with Gasteiger partial charge in [-0.05, 0) is 14.0 Å².